The van der Waals surface area contributed by atoms with Crippen molar-refractivity contribution in [3.8, 4) is 0 Å². The molecule has 0 aliphatic heterocycles. The van der Waals surface area contributed by atoms with E-state index in [0.29, 0.717) is 25.6 Å². The highest BCUT2D eigenvalue weighted by Gasteiger charge is 2.23. The Morgan fingerprint density at radius 3 is 2.52 bits per heavy atom. The Morgan fingerprint density at radius 2 is 1.88 bits per heavy atom. The highest BCUT2D eigenvalue weighted by molar-refractivity contribution is 7.98. The second-order valence-corrected chi connectivity index (χ2v) is 6.97. The Morgan fingerprint density at radius 1 is 1.20 bits per heavy atom. The first-order valence-corrected chi connectivity index (χ1v) is 10.1. The van der Waals surface area contributed by atoms with Gasteiger partial charge in [-0.1, -0.05) is 24.6 Å². The highest BCUT2D eigenvalue weighted by Crippen LogP contribution is 2.33. The molecule has 0 unspecified atom stereocenters. The molecule has 2 rings (SSSR count). The average Bonchev–Trinajstić information content (AvgIpc) is 3.24. The Balaban J connectivity index is 1.70. The van der Waals surface area contributed by atoms with E-state index in [0.717, 1.165) is 23.8 Å². The van der Waals surface area contributed by atoms with E-state index in [1.165, 1.54) is 25.7 Å². The van der Waals surface area contributed by atoms with E-state index in [-0.39, 0.29) is 12.5 Å². The van der Waals surface area contributed by atoms with Crippen molar-refractivity contribution in [2.45, 2.75) is 62.6 Å². The lowest BCUT2D eigenvalue weighted by Gasteiger charge is -2.16. The van der Waals surface area contributed by atoms with Crippen LogP contribution in [0.1, 0.15) is 56.8 Å². The summed E-state index contributed by atoms with van der Waals surface area (Å²) in [5, 5.41) is 23.6. The number of aromatic nitrogens is 3. The summed E-state index contributed by atoms with van der Waals surface area (Å²) in [6.07, 6.45) is 9.00. The minimum absolute atomic E-state index is 0.0644. The van der Waals surface area contributed by atoms with E-state index in [4.69, 9.17) is 5.11 Å². The first kappa shape index (κ1) is 19.6. The molecule has 0 bridgehead atoms. The molecule has 1 heterocycles. The van der Waals surface area contributed by atoms with E-state index in [2.05, 4.69) is 25.4 Å². The van der Waals surface area contributed by atoms with E-state index in [9.17, 15) is 9.59 Å². The fourth-order valence-corrected chi connectivity index (χ4v) is 3.67. The zero-order valence-corrected chi connectivity index (χ0v) is 15.5. The van der Waals surface area contributed by atoms with E-state index < -0.39 is 5.97 Å². The molecule has 1 aliphatic rings. The molecule has 140 valence electrons. The van der Waals surface area contributed by atoms with Crippen molar-refractivity contribution in [1.82, 2.24) is 25.4 Å². The zero-order valence-electron chi connectivity index (χ0n) is 14.7. The quantitative estimate of drug-likeness (QED) is 0.431. The van der Waals surface area contributed by atoms with Crippen LogP contribution in [0.5, 0.6) is 0 Å². The summed E-state index contributed by atoms with van der Waals surface area (Å²) in [5.41, 5.74) is 0. The van der Waals surface area contributed by atoms with Crippen LogP contribution in [-0.4, -0.2) is 51.2 Å². The summed E-state index contributed by atoms with van der Waals surface area (Å²) in [5.74, 6) is 0.151. The van der Waals surface area contributed by atoms with Crippen LogP contribution in [0.2, 0.25) is 0 Å². The van der Waals surface area contributed by atoms with Gasteiger partial charge in [0.1, 0.15) is 5.82 Å². The summed E-state index contributed by atoms with van der Waals surface area (Å²) >= 11 is 1.63. The number of carbonyl (C=O) groups excluding carboxylic acids is 1. The van der Waals surface area contributed by atoms with Crippen LogP contribution < -0.4 is 10.6 Å². The Kier molecular flexibility index (Phi) is 8.03. The third-order valence-electron chi connectivity index (χ3n) is 4.32. The number of carbonyl (C=O) groups is 2. The van der Waals surface area contributed by atoms with E-state index >= 15 is 0 Å². The largest absolute Gasteiger partial charge is 0.481 e. The lowest BCUT2D eigenvalue weighted by atomic mass is 10.2. The van der Waals surface area contributed by atoms with Crippen LogP contribution >= 0.6 is 11.8 Å². The molecular formula is C16H27N5O3S. The maximum Gasteiger partial charge on any atom is 0.314 e. The van der Waals surface area contributed by atoms with Gasteiger partial charge in [0, 0.05) is 32.0 Å². The van der Waals surface area contributed by atoms with Crippen molar-refractivity contribution in [2.24, 2.45) is 0 Å². The predicted molar refractivity (Wildman–Crippen MR) is 95.9 cm³/mol. The smallest absolute Gasteiger partial charge is 0.314 e. The molecule has 0 spiro atoms. The normalized spacial score (nSPS) is 14.6. The number of aliphatic carboxylic acids is 1. The number of rotatable bonds is 10. The van der Waals surface area contributed by atoms with Gasteiger partial charge >= 0.3 is 12.0 Å². The highest BCUT2D eigenvalue weighted by atomic mass is 32.2. The Bertz CT molecular complexity index is 572. The van der Waals surface area contributed by atoms with Gasteiger partial charge in [-0.15, -0.1) is 10.2 Å². The molecule has 0 radical (unpaired) electrons. The standard InChI is InChI=1S/C16H27N5O3S/c1-25-16-20-19-13(21(16)12-6-2-3-7-12)8-4-10-17-15(24)18-11-5-9-14(22)23/h12H,2-11H2,1H3,(H,22,23)(H2,17,18,24). The van der Waals surface area contributed by atoms with Gasteiger partial charge in [-0.3, -0.25) is 4.79 Å². The SMILES string of the molecule is CSc1nnc(CCCNC(=O)NCCCC(=O)O)n1C1CCCC1. The number of hydrogen-bond acceptors (Lipinski definition) is 5. The van der Waals surface area contributed by atoms with Crippen molar-refractivity contribution in [1.29, 1.82) is 0 Å². The van der Waals surface area contributed by atoms with Crippen molar-refractivity contribution in [2.75, 3.05) is 19.3 Å². The third-order valence-corrected chi connectivity index (χ3v) is 4.97. The van der Waals surface area contributed by atoms with Crippen LogP contribution in [0.25, 0.3) is 0 Å². The molecule has 8 nitrogen and oxygen atoms in total. The topological polar surface area (TPSA) is 109 Å². The average molecular weight is 369 g/mol. The molecule has 2 amide bonds. The number of nitrogens with zero attached hydrogens (tertiary/aromatic N) is 3. The molecule has 1 saturated carbocycles. The van der Waals surface area contributed by atoms with Crippen molar-refractivity contribution in [3.63, 3.8) is 0 Å². The molecular weight excluding hydrogens is 342 g/mol. The van der Waals surface area contributed by atoms with Crippen molar-refractivity contribution in [3.05, 3.63) is 5.82 Å². The van der Waals surface area contributed by atoms with Gasteiger partial charge < -0.3 is 20.3 Å². The van der Waals surface area contributed by atoms with Gasteiger partial charge in [-0.25, -0.2) is 4.79 Å². The van der Waals surface area contributed by atoms with Crippen molar-refractivity contribution < 1.29 is 14.7 Å². The molecule has 25 heavy (non-hydrogen) atoms. The maximum absolute atomic E-state index is 11.6. The number of nitrogens with one attached hydrogen (secondary N) is 2. The number of aryl methyl sites for hydroxylation is 1. The van der Waals surface area contributed by atoms with Gasteiger partial charge in [-0.05, 0) is 31.9 Å². The number of urea groups is 1. The number of carboxylic acid groups (broad SMARTS) is 1. The lowest BCUT2D eigenvalue weighted by molar-refractivity contribution is -0.137. The number of hydrogen-bond donors (Lipinski definition) is 3. The fraction of sp³-hybridized carbons (Fsp3) is 0.750. The molecule has 0 aromatic carbocycles. The minimum atomic E-state index is -0.849. The lowest BCUT2D eigenvalue weighted by Crippen LogP contribution is -2.36. The first-order valence-electron chi connectivity index (χ1n) is 8.83. The molecule has 3 N–H and O–H groups in total. The zero-order chi connectivity index (χ0) is 18.1. The number of amides is 2. The summed E-state index contributed by atoms with van der Waals surface area (Å²) in [7, 11) is 0. The molecule has 9 heteroatoms. The minimum Gasteiger partial charge on any atom is -0.481 e. The molecule has 0 saturated heterocycles. The van der Waals surface area contributed by atoms with Gasteiger partial charge in [-0.2, -0.15) is 0 Å². The Labute approximate surface area is 152 Å². The molecule has 1 aromatic heterocycles. The number of thioether (sulfide) groups is 1. The first-order chi connectivity index (χ1) is 12.1. The van der Waals surface area contributed by atoms with Gasteiger partial charge in [0.15, 0.2) is 5.16 Å². The molecule has 1 aliphatic carbocycles. The summed E-state index contributed by atoms with van der Waals surface area (Å²) in [6, 6.07) is 0.255. The fourth-order valence-electron chi connectivity index (χ4n) is 3.10. The summed E-state index contributed by atoms with van der Waals surface area (Å²) < 4.78 is 2.28. The summed E-state index contributed by atoms with van der Waals surface area (Å²) in [6.45, 7) is 0.919. The predicted octanol–water partition coefficient (Wildman–Crippen LogP) is 2.21. The molecule has 1 aromatic rings. The van der Waals surface area contributed by atoms with Gasteiger partial charge in [0.05, 0.1) is 0 Å². The van der Waals surface area contributed by atoms with Crippen LogP contribution in [0.3, 0.4) is 0 Å². The van der Waals surface area contributed by atoms with Crippen LogP contribution in [0.15, 0.2) is 5.16 Å². The van der Waals surface area contributed by atoms with Crippen LogP contribution in [0, 0.1) is 0 Å². The van der Waals surface area contributed by atoms with Gasteiger partial charge in [0.2, 0.25) is 0 Å². The second kappa shape index (κ2) is 10.3. The third kappa shape index (κ3) is 6.22. The Hall–Kier alpha value is -1.77. The van der Waals surface area contributed by atoms with Crippen LogP contribution in [-0.2, 0) is 11.2 Å². The van der Waals surface area contributed by atoms with E-state index in [1.807, 2.05) is 6.26 Å². The van der Waals surface area contributed by atoms with Gasteiger partial charge in [0.25, 0.3) is 0 Å². The molecule has 1 fully saturated rings. The van der Waals surface area contributed by atoms with Crippen LogP contribution in [0.4, 0.5) is 4.79 Å². The second-order valence-electron chi connectivity index (χ2n) is 6.19. The monoisotopic (exact) mass is 369 g/mol. The van der Waals surface area contributed by atoms with E-state index in [1.54, 1.807) is 11.8 Å². The number of carboxylic acids is 1. The molecule has 0 atom stereocenters. The summed E-state index contributed by atoms with van der Waals surface area (Å²) in [4.78, 5) is 22.0. The maximum atomic E-state index is 11.6. The van der Waals surface area contributed by atoms with Crippen molar-refractivity contribution >= 4 is 23.8 Å².